The van der Waals surface area contributed by atoms with Gasteiger partial charge in [0.2, 0.25) is 0 Å². The molecule has 6 aromatic rings. The maximum atomic E-state index is 14.0. The summed E-state index contributed by atoms with van der Waals surface area (Å²) < 4.78 is 57.1. The summed E-state index contributed by atoms with van der Waals surface area (Å²) in [4.78, 5) is 63.1. The summed E-state index contributed by atoms with van der Waals surface area (Å²) in [5.74, 6) is -6.41. The molecule has 4 aromatic carbocycles. The van der Waals surface area contributed by atoms with Crippen molar-refractivity contribution in [3.05, 3.63) is 175 Å². The molecule has 2 saturated heterocycles. The van der Waals surface area contributed by atoms with Crippen molar-refractivity contribution in [3.8, 4) is 0 Å². The number of rotatable bonds is 10. The van der Waals surface area contributed by atoms with Crippen LogP contribution in [0.4, 0.5) is 40.6 Å². The van der Waals surface area contributed by atoms with Crippen LogP contribution in [0.3, 0.4) is 0 Å². The number of aromatic nitrogens is 2. The Labute approximate surface area is 410 Å². The quantitative estimate of drug-likeness (QED) is 0.0443. The number of anilines is 4. The Balaban J connectivity index is 0.000000204. The van der Waals surface area contributed by atoms with Gasteiger partial charge >= 0.3 is 0 Å². The van der Waals surface area contributed by atoms with Gasteiger partial charge in [-0.15, -0.1) is 0 Å². The van der Waals surface area contributed by atoms with Crippen molar-refractivity contribution in [2.24, 2.45) is 0 Å². The van der Waals surface area contributed by atoms with Crippen LogP contribution in [0.2, 0.25) is 0 Å². The molecular weight excluding hydrogens is 1030 g/mol. The molecular formula is C49H42Br2F4N10O4. The van der Waals surface area contributed by atoms with E-state index in [1.165, 1.54) is 24.5 Å². The Bertz CT molecular complexity index is 2900. The highest BCUT2D eigenvalue weighted by Gasteiger charge is 2.23. The van der Waals surface area contributed by atoms with Gasteiger partial charge in [0.05, 0.1) is 22.5 Å². The third kappa shape index (κ3) is 12.8. The smallest absolute Gasteiger partial charge is 0.259 e. The molecule has 2 aliphatic rings. The molecule has 8 rings (SSSR count). The minimum Gasteiger partial charge on any atom is -0.357 e. The lowest BCUT2D eigenvalue weighted by molar-refractivity contribution is 0.101. The zero-order chi connectivity index (χ0) is 49.2. The number of carbonyl (C=O) groups excluding carboxylic acids is 4. The van der Waals surface area contributed by atoms with E-state index in [0.29, 0.717) is 31.7 Å². The molecule has 6 N–H and O–H groups in total. The average molecular weight is 1070 g/mol. The third-order valence-electron chi connectivity index (χ3n) is 11.0. The standard InChI is InChI=1S/C25H22BrF2N5O2.C24H20BrF2N5O2/c26-17-8-9-22(30-14-17)32-25(35)18-12-19(27)20(28)13-21(18)31-24(34)16-6-4-15(5-7-16)23(29)33-10-2-1-3-11-33;25-16-7-8-21(29-13-16)31-24(34)17-11-18(26)19(27)12-20(17)30-23(33)15-5-3-14(4-6-15)22(28)32-9-1-2-10-32/h4-9,12-14,29H,1-3,10-11H2,(H,31,34)(H,30,32,35);3-8,11-13,28H,1-2,9-10H2,(H,30,33)(H,29,31,34). The molecule has 2 aromatic heterocycles. The number of likely N-dealkylation sites (tertiary alicyclic amines) is 2. The lowest BCUT2D eigenvalue weighted by atomic mass is 10.1. The topological polar surface area (TPSA) is 196 Å². The molecule has 20 heteroatoms. The highest BCUT2D eigenvalue weighted by Crippen LogP contribution is 2.25. The summed E-state index contributed by atoms with van der Waals surface area (Å²) in [6.07, 6.45) is 8.28. The van der Waals surface area contributed by atoms with Crippen LogP contribution in [0, 0.1) is 34.1 Å². The molecule has 4 amide bonds. The van der Waals surface area contributed by atoms with Crippen molar-refractivity contribution in [2.45, 2.75) is 32.1 Å². The summed E-state index contributed by atoms with van der Waals surface area (Å²) in [6, 6.07) is 22.2. The van der Waals surface area contributed by atoms with Crippen LogP contribution >= 0.6 is 31.9 Å². The van der Waals surface area contributed by atoms with Gasteiger partial charge in [0.15, 0.2) is 23.3 Å². The van der Waals surface area contributed by atoms with Crippen LogP contribution in [0.1, 0.15) is 84.7 Å². The fourth-order valence-corrected chi connectivity index (χ4v) is 7.78. The number of pyridine rings is 2. The van der Waals surface area contributed by atoms with Crippen molar-refractivity contribution in [1.82, 2.24) is 19.8 Å². The fourth-order valence-electron chi connectivity index (χ4n) is 7.31. The number of halogens is 6. The molecule has 69 heavy (non-hydrogen) atoms. The highest BCUT2D eigenvalue weighted by atomic mass is 79.9. The van der Waals surface area contributed by atoms with Crippen LogP contribution in [0.25, 0.3) is 0 Å². The average Bonchev–Trinajstić information content (AvgIpc) is 3.91. The predicted octanol–water partition coefficient (Wildman–Crippen LogP) is 10.5. The maximum absolute atomic E-state index is 14.0. The van der Waals surface area contributed by atoms with E-state index in [0.717, 1.165) is 82.5 Å². The maximum Gasteiger partial charge on any atom is 0.259 e. The molecule has 4 heterocycles. The van der Waals surface area contributed by atoms with Crippen LogP contribution in [0.5, 0.6) is 0 Å². The van der Waals surface area contributed by atoms with Crippen molar-refractivity contribution in [1.29, 1.82) is 10.8 Å². The molecule has 0 saturated carbocycles. The number of hydrogen-bond donors (Lipinski definition) is 6. The van der Waals surface area contributed by atoms with Crippen molar-refractivity contribution in [2.75, 3.05) is 47.4 Å². The van der Waals surface area contributed by atoms with Gasteiger partial charge in [-0.3, -0.25) is 30.0 Å². The molecule has 0 radical (unpaired) electrons. The molecule has 0 unspecified atom stereocenters. The number of amides is 4. The Hall–Kier alpha value is -7.32. The van der Waals surface area contributed by atoms with E-state index in [1.807, 2.05) is 9.80 Å². The van der Waals surface area contributed by atoms with E-state index in [1.54, 1.807) is 60.7 Å². The zero-order valence-electron chi connectivity index (χ0n) is 36.4. The minimum absolute atomic E-state index is 0.186. The zero-order valence-corrected chi connectivity index (χ0v) is 39.6. The third-order valence-corrected chi connectivity index (χ3v) is 11.9. The molecule has 0 spiro atoms. The molecule has 0 aliphatic carbocycles. The lowest BCUT2D eigenvalue weighted by Gasteiger charge is -2.29. The molecule has 0 atom stereocenters. The highest BCUT2D eigenvalue weighted by molar-refractivity contribution is 9.10. The normalized spacial score (nSPS) is 13.1. The monoisotopic (exact) mass is 1070 g/mol. The number of carbonyl (C=O) groups is 4. The molecule has 354 valence electrons. The van der Waals surface area contributed by atoms with Crippen molar-refractivity contribution < 1.29 is 36.7 Å². The Morgan fingerprint density at radius 1 is 0.449 bits per heavy atom. The van der Waals surface area contributed by atoms with Gasteiger partial charge in [-0.2, -0.15) is 0 Å². The van der Waals surface area contributed by atoms with E-state index in [4.69, 9.17) is 10.8 Å². The number of hydrogen-bond acceptors (Lipinski definition) is 8. The Kier molecular flexibility index (Phi) is 16.3. The molecule has 2 aliphatic heterocycles. The first kappa shape index (κ1) is 49.6. The van der Waals surface area contributed by atoms with Crippen LogP contribution in [-0.4, -0.2) is 81.2 Å². The predicted molar refractivity (Wildman–Crippen MR) is 261 cm³/mol. The SMILES string of the molecule is N=C(c1ccc(C(=O)Nc2cc(F)c(F)cc2C(=O)Nc2ccc(Br)cn2)cc1)N1CCCC1.N=C(c1ccc(C(=O)Nc2cc(F)c(F)cc2C(=O)Nc2ccc(Br)cn2)cc1)N1CCCCC1. The van der Waals surface area contributed by atoms with Crippen LogP contribution in [-0.2, 0) is 0 Å². The van der Waals surface area contributed by atoms with E-state index < -0.39 is 46.9 Å². The van der Waals surface area contributed by atoms with Gasteiger partial charge in [-0.05, 0) is 125 Å². The largest absolute Gasteiger partial charge is 0.357 e. The summed E-state index contributed by atoms with van der Waals surface area (Å²) in [5, 5.41) is 26.7. The number of nitrogens with zero attached hydrogens (tertiary/aromatic N) is 4. The first-order chi connectivity index (χ1) is 33.1. The number of benzene rings is 4. The fraction of sp³-hybridized carbons (Fsp3) is 0.184. The summed E-state index contributed by atoms with van der Waals surface area (Å²) >= 11 is 6.48. The minimum atomic E-state index is -1.23. The lowest BCUT2D eigenvalue weighted by Crippen LogP contribution is -2.35. The van der Waals surface area contributed by atoms with Crippen molar-refractivity contribution >= 4 is 90.2 Å². The second kappa shape index (κ2) is 22.7. The van der Waals surface area contributed by atoms with Gasteiger partial charge in [0.25, 0.3) is 23.6 Å². The first-order valence-electron chi connectivity index (χ1n) is 21.5. The second-order valence-electron chi connectivity index (χ2n) is 15.8. The second-order valence-corrected chi connectivity index (χ2v) is 17.6. The Morgan fingerprint density at radius 2 is 0.783 bits per heavy atom. The number of nitrogens with one attached hydrogen (secondary N) is 6. The summed E-state index contributed by atoms with van der Waals surface area (Å²) in [6.45, 7) is 3.32. The molecule has 0 bridgehead atoms. The van der Waals surface area contributed by atoms with Crippen LogP contribution in [0.15, 0.2) is 118 Å². The van der Waals surface area contributed by atoms with E-state index in [9.17, 15) is 36.7 Å². The number of piperidine rings is 1. The van der Waals surface area contributed by atoms with Crippen molar-refractivity contribution in [3.63, 3.8) is 0 Å². The van der Waals surface area contributed by atoms with Crippen LogP contribution < -0.4 is 21.3 Å². The summed E-state index contributed by atoms with van der Waals surface area (Å²) in [5.41, 5.74) is 0.942. The first-order valence-corrected chi connectivity index (χ1v) is 23.1. The van der Waals surface area contributed by atoms with E-state index >= 15 is 0 Å². The number of amidine groups is 2. The van der Waals surface area contributed by atoms with Gasteiger partial charge in [-0.1, -0.05) is 24.3 Å². The van der Waals surface area contributed by atoms with E-state index in [-0.39, 0.29) is 45.3 Å². The molecule has 14 nitrogen and oxygen atoms in total. The van der Waals surface area contributed by atoms with Gasteiger partial charge in [0.1, 0.15) is 23.3 Å². The molecule has 2 fully saturated rings. The van der Waals surface area contributed by atoms with E-state index in [2.05, 4.69) is 63.1 Å². The van der Waals surface area contributed by atoms with Gasteiger partial charge in [-0.25, -0.2) is 27.5 Å². The summed E-state index contributed by atoms with van der Waals surface area (Å²) in [7, 11) is 0. The van der Waals surface area contributed by atoms with Gasteiger partial charge in [0, 0.05) is 81.9 Å². The van der Waals surface area contributed by atoms with Gasteiger partial charge < -0.3 is 31.1 Å². The Morgan fingerprint density at radius 3 is 1.13 bits per heavy atom.